The maximum atomic E-state index is 13.5. The van der Waals surface area contributed by atoms with E-state index in [1.165, 1.54) is 18.2 Å². The van der Waals surface area contributed by atoms with Crippen LogP contribution in [0.25, 0.3) is 0 Å². The quantitative estimate of drug-likeness (QED) is 0.800. The minimum absolute atomic E-state index is 0.162. The summed E-state index contributed by atoms with van der Waals surface area (Å²) in [6.07, 6.45) is 0.824. The lowest BCUT2D eigenvalue weighted by molar-refractivity contribution is 0.0208. The second-order valence-corrected chi connectivity index (χ2v) is 4.97. The molecule has 1 aliphatic heterocycles. The van der Waals surface area contributed by atoms with Crippen molar-refractivity contribution in [1.82, 2.24) is 0 Å². The van der Waals surface area contributed by atoms with Gasteiger partial charge in [-0.05, 0) is 36.5 Å². The summed E-state index contributed by atoms with van der Waals surface area (Å²) in [7, 11) is 0. The first-order chi connectivity index (χ1) is 7.13. The molecule has 4 heteroatoms. The summed E-state index contributed by atoms with van der Waals surface area (Å²) in [5, 5.41) is 10.2. The normalized spacial score (nSPS) is 20.2. The Morgan fingerprint density at radius 1 is 1.13 bits per heavy atom. The Morgan fingerprint density at radius 2 is 1.67 bits per heavy atom. The predicted octanol–water partition coefficient (Wildman–Crippen LogP) is 2.68. The fraction of sp³-hybridized carbons (Fsp3) is 0.455. The van der Waals surface area contributed by atoms with E-state index in [9.17, 15) is 13.9 Å². The molecule has 0 aliphatic carbocycles. The minimum Gasteiger partial charge on any atom is -0.385 e. The molecular formula is C11H12F2OS. The van der Waals surface area contributed by atoms with Gasteiger partial charge in [-0.15, -0.1) is 0 Å². The van der Waals surface area contributed by atoms with Gasteiger partial charge in [0.2, 0.25) is 0 Å². The lowest BCUT2D eigenvalue weighted by Crippen LogP contribution is -2.32. The van der Waals surface area contributed by atoms with Crippen LogP contribution in [0.2, 0.25) is 0 Å². The van der Waals surface area contributed by atoms with Crippen molar-refractivity contribution in [3.05, 3.63) is 35.4 Å². The van der Waals surface area contributed by atoms with Gasteiger partial charge in [0, 0.05) is 0 Å². The summed E-state index contributed by atoms with van der Waals surface area (Å²) in [6.45, 7) is 0. The lowest BCUT2D eigenvalue weighted by atomic mass is 9.87. The van der Waals surface area contributed by atoms with Gasteiger partial charge in [-0.3, -0.25) is 0 Å². The molecule has 0 radical (unpaired) electrons. The van der Waals surface area contributed by atoms with Gasteiger partial charge in [-0.1, -0.05) is 6.07 Å². The first kappa shape index (κ1) is 10.9. The van der Waals surface area contributed by atoms with Crippen molar-refractivity contribution >= 4 is 11.8 Å². The predicted molar refractivity (Wildman–Crippen MR) is 56.8 cm³/mol. The van der Waals surface area contributed by atoms with E-state index in [1.54, 1.807) is 11.8 Å². The van der Waals surface area contributed by atoms with Crippen LogP contribution in [-0.2, 0) is 5.60 Å². The van der Waals surface area contributed by atoms with Crippen molar-refractivity contribution < 1.29 is 13.9 Å². The molecular weight excluding hydrogens is 218 g/mol. The highest BCUT2D eigenvalue weighted by Crippen LogP contribution is 2.38. The molecule has 1 N–H and O–H groups in total. The third kappa shape index (κ3) is 2.01. The molecule has 15 heavy (non-hydrogen) atoms. The van der Waals surface area contributed by atoms with Crippen LogP contribution in [0.5, 0.6) is 0 Å². The van der Waals surface area contributed by atoms with Crippen molar-refractivity contribution in [2.24, 2.45) is 0 Å². The fourth-order valence-corrected chi connectivity index (χ4v) is 3.07. The van der Waals surface area contributed by atoms with Crippen LogP contribution in [-0.4, -0.2) is 16.6 Å². The van der Waals surface area contributed by atoms with Crippen molar-refractivity contribution in [1.29, 1.82) is 0 Å². The summed E-state index contributed by atoms with van der Waals surface area (Å²) in [5.74, 6) is 0.183. The molecule has 0 atom stereocenters. The third-order valence-electron chi connectivity index (χ3n) is 2.75. The fourth-order valence-electron chi connectivity index (χ4n) is 1.90. The van der Waals surface area contributed by atoms with Crippen molar-refractivity contribution in [2.75, 3.05) is 11.5 Å². The largest absolute Gasteiger partial charge is 0.385 e. The van der Waals surface area contributed by atoms with Crippen molar-refractivity contribution in [3.63, 3.8) is 0 Å². The summed E-state index contributed by atoms with van der Waals surface area (Å²) in [4.78, 5) is 0. The topological polar surface area (TPSA) is 20.2 Å². The highest BCUT2D eigenvalue weighted by molar-refractivity contribution is 7.99. The minimum atomic E-state index is -1.32. The maximum Gasteiger partial charge on any atom is 0.132 e. The summed E-state index contributed by atoms with van der Waals surface area (Å²) < 4.78 is 26.9. The van der Waals surface area contributed by atoms with Crippen LogP contribution in [0.3, 0.4) is 0 Å². The molecule has 0 amide bonds. The molecule has 2 rings (SSSR count). The Bertz CT molecular complexity index is 341. The Hall–Kier alpha value is -0.610. The van der Waals surface area contributed by atoms with Gasteiger partial charge in [0.05, 0.1) is 11.2 Å². The molecule has 1 aromatic rings. The number of halogens is 2. The first-order valence-corrected chi connectivity index (χ1v) is 6.03. The average Bonchev–Trinajstić information content (AvgIpc) is 2.18. The standard InChI is InChI=1S/C11H12F2OS/c12-8-2-1-3-9(13)10(8)11(14)4-6-15-7-5-11/h1-3,14H,4-7H2. The van der Waals surface area contributed by atoms with Crippen LogP contribution >= 0.6 is 11.8 Å². The van der Waals surface area contributed by atoms with Crippen LogP contribution in [0.15, 0.2) is 18.2 Å². The molecule has 0 saturated carbocycles. The number of aliphatic hydroxyl groups is 1. The van der Waals surface area contributed by atoms with Gasteiger partial charge in [0.1, 0.15) is 11.6 Å². The first-order valence-electron chi connectivity index (χ1n) is 4.88. The van der Waals surface area contributed by atoms with Gasteiger partial charge < -0.3 is 5.11 Å². The Morgan fingerprint density at radius 3 is 2.20 bits per heavy atom. The summed E-state index contributed by atoms with van der Waals surface area (Å²) in [6, 6.07) is 3.70. The van der Waals surface area contributed by atoms with E-state index in [1.807, 2.05) is 0 Å². The Kier molecular flexibility index (Phi) is 2.98. The smallest absolute Gasteiger partial charge is 0.132 e. The molecule has 1 aromatic carbocycles. The van der Waals surface area contributed by atoms with E-state index in [2.05, 4.69) is 0 Å². The number of hydrogen-bond acceptors (Lipinski definition) is 2. The van der Waals surface area contributed by atoms with Gasteiger partial charge in [0.25, 0.3) is 0 Å². The Balaban J connectivity index is 2.42. The van der Waals surface area contributed by atoms with Gasteiger partial charge in [-0.2, -0.15) is 11.8 Å². The number of benzene rings is 1. The molecule has 1 nitrogen and oxygen atoms in total. The molecule has 1 saturated heterocycles. The second-order valence-electron chi connectivity index (χ2n) is 3.74. The summed E-state index contributed by atoms with van der Waals surface area (Å²) >= 11 is 1.70. The van der Waals surface area contributed by atoms with Crippen LogP contribution in [0, 0.1) is 11.6 Å². The zero-order valence-corrected chi connectivity index (χ0v) is 8.99. The molecule has 0 bridgehead atoms. The van der Waals surface area contributed by atoms with Crippen LogP contribution < -0.4 is 0 Å². The van der Waals surface area contributed by atoms with E-state index in [0.29, 0.717) is 12.8 Å². The van der Waals surface area contributed by atoms with Crippen molar-refractivity contribution in [3.8, 4) is 0 Å². The molecule has 1 fully saturated rings. The van der Waals surface area contributed by atoms with Crippen LogP contribution in [0.1, 0.15) is 18.4 Å². The maximum absolute atomic E-state index is 13.5. The van der Waals surface area contributed by atoms with Gasteiger partial charge in [0.15, 0.2) is 0 Å². The number of hydrogen-bond donors (Lipinski definition) is 1. The zero-order chi connectivity index (χ0) is 10.9. The highest BCUT2D eigenvalue weighted by atomic mass is 32.2. The number of thioether (sulfide) groups is 1. The Labute approximate surface area is 91.5 Å². The SMILES string of the molecule is OC1(c2c(F)cccc2F)CCSCC1. The van der Waals surface area contributed by atoms with E-state index < -0.39 is 17.2 Å². The van der Waals surface area contributed by atoms with Gasteiger partial charge >= 0.3 is 0 Å². The highest BCUT2D eigenvalue weighted by Gasteiger charge is 2.36. The van der Waals surface area contributed by atoms with Gasteiger partial charge in [-0.25, -0.2) is 8.78 Å². The summed E-state index contributed by atoms with van der Waals surface area (Å²) in [5.41, 5.74) is -1.48. The third-order valence-corrected chi connectivity index (χ3v) is 3.73. The van der Waals surface area contributed by atoms with E-state index in [0.717, 1.165) is 11.5 Å². The molecule has 82 valence electrons. The van der Waals surface area contributed by atoms with E-state index in [-0.39, 0.29) is 5.56 Å². The average molecular weight is 230 g/mol. The molecule has 0 aromatic heterocycles. The molecule has 1 heterocycles. The van der Waals surface area contributed by atoms with E-state index >= 15 is 0 Å². The lowest BCUT2D eigenvalue weighted by Gasteiger charge is -2.32. The monoisotopic (exact) mass is 230 g/mol. The second kappa shape index (κ2) is 4.10. The zero-order valence-electron chi connectivity index (χ0n) is 8.17. The van der Waals surface area contributed by atoms with E-state index in [4.69, 9.17) is 0 Å². The molecule has 0 spiro atoms. The molecule has 1 aliphatic rings. The van der Waals surface area contributed by atoms with Crippen LogP contribution in [0.4, 0.5) is 8.78 Å². The molecule has 0 unspecified atom stereocenters. The number of rotatable bonds is 1. The van der Waals surface area contributed by atoms with Crippen molar-refractivity contribution in [2.45, 2.75) is 18.4 Å².